The molecule has 1 aliphatic rings. The Balaban J connectivity index is 1.51. The van der Waals surface area contributed by atoms with Crippen molar-refractivity contribution in [2.75, 3.05) is 18.4 Å². The standard InChI is InChI=1S/C25H26N2O5S2/c1-18-11-12-19(16-23(18)34(30,31)27-13-4-2-3-5-14-27)25(29)32-21-9-6-8-20(17-21)26-24(28)22-10-7-15-33-22/h6-12,15-17H,2-5,13-14H2,1H3,(H,26,28). The summed E-state index contributed by atoms with van der Waals surface area (Å²) in [4.78, 5) is 25.8. The number of rotatable bonds is 6. The van der Waals surface area contributed by atoms with Gasteiger partial charge in [0.15, 0.2) is 0 Å². The number of aryl methyl sites for hydroxylation is 1. The molecule has 1 aliphatic heterocycles. The number of amides is 1. The van der Waals surface area contributed by atoms with Gasteiger partial charge in [0.25, 0.3) is 5.91 Å². The van der Waals surface area contributed by atoms with Gasteiger partial charge < -0.3 is 10.1 Å². The molecule has 0 aliphatic carbocycles. The van der Waals surface area contributed by atoms with E-state index in [1.54, 1.807) is 55.5 Å². The molecule has 7 nitrogen and oxygen atoms in total. The number of benzene rings is 2. The maximum Gasteiger partial charge on any atom is 0.343 e. The summed E-state index contributed by atoms with van der Waals surface area (Å²) in [5, 5.41) is 4.59. The van der Waals surface area contributed by atoms with E-state index < -0.39 is 16.0 Å². The van der Waals surface area contributed by atoms with Gasteiger partial charge in [0.05, 0.1) is 15.3 Å². The van der Waals surface area contributed by atoms with E-state index >= 15 is 0 Å². The first-order chi connectivity index (χ1) is 16.3. The van der Waals surface area contributed by atoms with E-state index in [1.165, 1.54) is 21.7 Å². The third-order valence-corrected chi connectivity index (χ3v) is 8.56. The van der Waals surface area contributed by atoms with Gasteiger partial charge in [-0.1, -0.05) is 31.0 Å². The third kappa shape index (κ3) is 5.55. The minimum atomic E-state index is -3.71. The van der Waals surface area contributed by atoms with Crippen molar-refractivity contribution in [3.63, 3.8) is 0 Å². The van der Waals surface area contributed by atoms with Crippen LogP contribution in [-0.2, 0) is 10.0 Å². The largest absolute Gasteiger partial charge is 0.423 e. The first-order valence-electron chi connectivity index (χ1n) is 11.1. The molecule has 0 bridgehead atoms. The number of hydrogen-bond acceptors (Lipinski definition) is 6. The zero-order valence-corrected chi connectivity index (χ0v) is 20.5. The topological polar surface area (TPSA) is 92.8 Å². The molecule has 178 valence electrons. The van der Waals surface area contributed by atoms with Crippen LogP contribution >= 0.6 is 11.3 Å². The quantitative estimate of drug-likeness (QED) is 0.377. The molecule has 2 heterocycles. The van der Waals surface area contributed by atoms with Crippen LogP contribution in [0.1, 0.15) is 51.3 Å². The van der Waals surface area contributed by atoms with Crippen LogP contribution in [0, 0.1) is 6.92 Å². The number of ether oxygens (including phenoxy) is 1. The van der Waals surface area contributed by atoms with Crippen LogP contribution in [0.15, 0.2) is 64.9 Å². The van der Waals surface area contributed by atoms with Crippen molar-refractivity contribution in [1.82, 2.24) is 4.31 Å². The molecule has 0 saturated carbocycles. The third-order valence-electron chi connectivity index (χ3n) is 5.65. The summed E-state index contributed by atoms with van der Waals surface area (Å²) >= 11 is 1.33. The molecule has 9 heteroatoms. The Labute approximate surface area is 203 Å². The number of carbonyl (C=O) groups excluding carboxylic acids is 2. The summed E-state index contributed by atoms with van der Waals surface area (Å²) in [6, 6.07) is 14.6. The number of nitrogens with one attached hydrogen (secondary N) is 1. The number of nitrogens with zero attached hydrogens (tertiary/aromatic N) is 1. The smallest absolute Gasteiger partial charge is 0.343 e. The van der Waals surface area contributed by atoms with Crippen LogP contribution in [0.3, 0.4) is 0 Å². The molecule has 0 unspecified atom stereocenters. The zero-order chi connectivity index (χ0) is 24.1. The van der Waals surface area contributed by atoms with Gasteiger partial charge in [-0.25, -0.2) is 13.2 Å². The van der Waals surface area contributed by atoms with Gasteiger partial charge in [-0.3, -0.25) is 4.79 Å². The molecule has 0 spiro atoms. The fourth-order valence-electron chi connectivity index (χ4n) is 3.83. The number of carbonyl (C=O) groups is 2. The van der Waals surface area contributed by atoms with Gasteiger partial charge in [0.2, 0.25) is 10.0 Å². The summed E-state index contributed by atoms with van der Waals surface area (Å²) in [7, 11) is -3.71. The predicted octanol–water partition coefficient (Wildman–Crippen LogP) is 5.09. The lowest BCUT2D eigenvalue weighted by atomic mass is 10.1. The SMILES string of the molecule is Cc1ccc(C(=O)Oc2cccc(NC(=O)c3cccs3)c2)cc1S(=O)(=O)N1CCCCCC1. The minimum Gasteiger partial charge on any atom is -0.423 e. The molecule has 1 aromatic heterocycles. The van der Waals surface area contributed by atoms with Gasteiger partial charge in [0.1, 0.15) is 5.75 Å². The van der Waals surface area contributed by atoms with E-state index in [-0.39, 0.29) is 22.1 Å². The molecule has 2 aromatic carbocycles. The number of sulfonamides is 1. The molecule has 34 heavy (non-hydrogen) atoms. The van der Waals surface area contributed by atoms with Crippen molar-refractivity contribution in [1.29, 1.82) is 0 Å². The molecule has 3 aromatic rings. The Morgan fingerprint density at radius 3 is 2.44 bits per heavy atom. The second-order valence-electron chi connectivity index (χ2n) is 8.15. The highest BCUT2D eigenvalue weighted by Crippen LogP contribution is 2.25. The van der Waals surface area contributed by atoms with Gasteiger partial charge in [0, 0.05) is 24.8 Å². The second-order valence-corrected chi connectivity index (χ2v) is 11.0. The lowest BCUT2D eigenvalue weighted by Crippen LogP contribution is -2.32. The number of thiophene rings is 1. The Hall–Kier alpha value is -3.01. The van der Waals surface area contributed by atoms with E-state index in [0.717, 1.165) is 25.7 Å². The van der Waals surface area contributed by atoms with Crippen LogP contribution in [0.4, 0.5) is 5.69 Å². The lowest BCUT2D eigenvalue weighted by molar-refractivity contribution is 0.0734. The van der Waals surface area contributed by atoms with E-state index in [0.29, 0.717) is 29.2 Å². The van der Waals surface area contributed by atoms with E-state index in [1.807, 2.05) is 5.38 Å². The maximum absolute atomic E-state index is 13.3. The van der Waals surface area contributed by atoms with Gasteiger partial charge >= 0.3 is 5.97 Å². The normalized spacial score (nSPS) is 14.9. The zero-order valence-electron chi connectivity index (χ0n) is 18.8. The summed E-state index contributed by atoms with van der Waals surface area (Å²) in [5.74, 6) is -0.680. The van der Waals surface area contributed by atoms with Crippen LogP contribution in [0.5, 0.6) is 5.75 Å². The molecule has 4 rings (SSSR count). The van der Waals surface area contributed by atoms with Crippen molar-refractivity contribution >= 4 is 38.9 Å². The van der Waals surface area contributed by atoms with Crippen LogP contribution < -0.4 is 10.1 Å². The Morgan fingerprint density at radius 2 is 1.74 bits per heavy atom. The number of hydrogen-bond donors (Lipinski definition) is 1. The van der Waals surface area contributed by atoms with E-state index in [2.05, 4.69) is 5.32 Å². The predicted molar refractivity (Wildman–Crippen MR) is 132 cm³/mol. The van der Waals surface area contributed by atoms with Gasteiger partial charge in [-0.05, 0) is 61.0 Å². The van der Waals surface area contributed by atoms with Crippen LogP contribution in [0.25, 0.3) is 0 Å². The molecule has 1 saturated heterocycles. The molecule has 0 atom stereocenters. The molecule has 0 radical (unpaired) electrons. The second kappa shape index (κ2) is 10.5. The molecule has 1 N–H and O–H groups in total. The Morgan fingerprint density at radius 1 is 0.971 bits per heavy atom. The summed E-state index contributed by atoms with van der Waals surface area (Å²) in [6.07, 6.45) is 3.70. The number of esters is 1. The van der Waals surface area contributed by atoms with E-state index in [4.69, 9.17) is 4.74 Å². The highest BCUT2D eigenvalue weighted by atomic mass is 32.2. The monoisotopic (exact) mass is 498 g/mol. The molecular formula is C25H26N2O5S2. The van der Waals surface area contributed by atoms with Crippen molar-refractivity contribution in [2.24, 2.45) is 0 Å². The summed E-state index contributed by atoms with van der Waals surface area (Å²) < 4.78 is 33.5. The average Bonchev–Trinajstić information content (AvgIpc) is 3.21. The fourth-order valence-corrected chi connectivity index (χ4v) is 6.22. The fraction of sp³-hybridized carbons (Fsp3) is 0.280. The molecule has 1 amide bonds. The van der Waals surface area contributed by atoms with Crippen molar-refractivity contribution in [2.45, 2.75) is 37.5 Å². The Kier molecular flexibility index (Phi) is 7.45. The highest BCUT2D eigenvalue weighted by molar-refractivity contribution is 7.89. The Bertz CT molecular complexity index is 1280. The van der Waals surface area contributed by atoms with Crippen molar-refractivity contribution in [3.05, 3.63) is 76.0 Å². The first-order valence-corrected chi connectivity index (χ1v) is 13.4. The molecular weight excluding hydrogens is 472 g/mol. The highest BCUT2D eigenvalue weighted by Gasteiger charge is 2.27. The van der Waals surface area contributed by atoms with Gasteiger partial charge in [-0.15, -0.1) is 11.3 Å². The summed E-state index contributed by atoms with van der Waals surface area (Å²) in [6.45, 7) is 2.69. The van der Waals surface area contributed by atoms with Crippen LogP contribution in [-0.4, -0.2) is 37.7 Å². The van der Waals surface area contributed by atoms with E-state index in [9.17, 15) is 18.0 Å². The van der Waals surface area contributed by atoms with Crippen LogP contribution in [0.2, 0.25) is 0 Å². The van der Waals surface area contributed by atoms with Crippen molar-refractivity contribution in [3.8, 4) is 5.75 Å². The summed E-state index contributed by atoms with van der Waals surface area (Å²) in [5.41, 5.74) is 1.21. The average molecular weight is 499 g/mol. The lowest BCUT2D eigenvalue weighted by Gasteiger charge is -2.21. The maximum atomic E-state index is 13.3. The van der Waals surface area contributed by atoms with Crippen molar-refractivity contribution < 1.29 is 22.7 Å². The first kappa shape index (κ1) is 24.1. The number of anilines is 1. The molecule has 1 fully saturated rings. The van der Waals surface area contributed by atoms with Gasteiger partial charge in [-0.2, -0.15) is 4.31 Å². The minimum absolute atomic E-state index is 0.126.